The summed E-state index contributed by atoms with van der Waals surface area (Å²) in [5, 5.41) is 2.05. The highest BCUT2D eigenvalue weighted by atomic mass is 79.9. The zero-order valence-corrected chi connectivity index (χ0v) is 14.0. The monoisotopic (exact) mass is 357 g/mol. The molecule has 0 aliphatic heterocycles. The molecule has 0 fully saturated rings. The zero-order chi connectivity index (χ0) is 13.8. The van der Waals surface area contributed by atoms with Crippen LogP contribution in [0, 0.1) is 0 Å². The molecule has 0 saturated heterocycles. The van der Waals surface area contributed by atoms with Crippen LogP contribution in [0.5, 0.6) is 5.75 Å². The first kappa shape index (κ1) is 14.9. The summed E-state index contributed by atoms with van der Waals surface area (Å²) in [6.45, 7) is 1.97. The summed E-state index contributed by atoms with van der Waals surface area (Å²) in [5.74, 6) is 0.852. The Bertz CT molecular complexity index is 524. The molecule has 0 saturated carbocycles. The van der Waals surface area contributed by atoms with Gasteiger partial charge in [0.2, 0.25) is 0 Å². The Hall–Kier alpha value is -0.490. The minimum absolute atomic E-state index is 0.0641. The average molecular weight is 358 g/mol. The van der Waals surface area contributed by atoms with Crippen LogP contribution in [0.2, 0.25) is 0 Å². The summed E-state index contributed by atoms with van der Waals surface area (Å²) in [4.78, 5) is 2.36. The molecule has 0 radical (unpaired) electrons. The molecule has 0 amide bonds. The molecule has 2 rings (SSSR count). The zero-order valence-electron chi connectivity index (χ0n) is 10.8. The van der Waals surface area contributed by atoms with E-state index in [9.17, 15) is 0 Å². The average Bonchev–Trinajstić information content (AvgIpc) is 2.82. The fraction of sp³-hybridized carbons (Fsp3) is 0.286. The van der Waals surface area contributed by atoms with E-state index in [4.69, 9.17) is 10.5 Å². The van der Waals surface area contributed by atoms with E-state index < -0.39 is 0 Å². The van der Waals surface area contributed by atoms with E-state index >= 15 is 0 Å². The normalized spacial score (nSPS) is 14.1. The highest BCUT2D eigenvalue weighted by Gasteiger charge is 2.20. The Morgan fingerprint density at radius 3 is 2.47 bits per heavy atom. The van der Waals surface area contributed by atoms with Crippen molar-refractivity contribution in [1.29, 1.82) is 0 Å². The lowest BCUT2D eigenvalue weighted by molar-refractivity contribution is 0.184. The van der Waals surface area contributed by atoms with Crippen molar-refractivity contribution in [3.8, 4) is 5.75 Å². The van der Waals surface area contributed by atoms with Crippen molar-refractivity contribution in [2.75, 3.05) is 6.26 Å². The lowest BCUT2D eigenvalue weighted by atomic mass is 10.1. The number of rotatable bonds is 5. The van der Waals surface area contributed by atoms with Crippen LogP contribution in [0.15, 0.2) is 45.1 Å². The number of hydrogen-bond acceptors (Lipinski definition) is 4. The van der Waals surface area contributed by atoms with E-state index in [0.29, 0.717) is 0 Å². The molecule has 19 heavy (non-hydrogen) atoms. The Morgan fingerprint density at radius 1 is 1.32 bits per heavy atom. The summed E-state index contributed by atoms with van der Waals surface area (Å²) in [6, 6.07) is 10.1. The second kappa shape index (κ2) is 6.79. The SMILES string of the molecule is CSc1ccc(OC(c2cc(Br)cs2)C(C)N)cc1. The second-order valence-corrected chi connectivity index (χ2v) is 6.98. The van der Waals surface area contributed by atoms with Gasteiger partial charge in [-0.15, -0.1) is 23.1 Å². The summed E-state index contributed by atoms with van der Waals surface area (Å²) in [7, 11) is 0. The van der Waals surface area contributed by atoms with Crippen LogP contribution < -0.4 is 10.5 Å². The number of nitrogens with two attached hydrogens (primary N) is 1. The van der Waals surface area contributed by atoms with Gasteiger partial charge in [0, 0.05) is 25.7 Å². The van der Waals surface area contributed by atoms with E-state index in [1.165, 1.54) is 4.90 Å². The first-order valence-corrected chi connectivity index (χ1v) is 8.80. The third-order valence-electron chi connectivity index (χ3n) is 2.67. The van der Waals surface area contributed by atoms with Crippen molar-refractivity contribution in [1.82, 2.24) is 0 Å². The van der Waals surface area contributed by atoms with Gasteiger partial charge in [-0.05, 0) is 59.4 Å². The fourth-order valence-corrected chi connectivity index (χ4v) is 3.70. The molecule has 1 aromatic heterocycles. The van der Waals surface area contributed by atoms with Gasteiger partial charge in [-0.25, -0.2) is 0 Å². The number of thiophene rings is 1. The molecule has 5 heteroatoms. The number of ether oxygens (including phenoxy) is 1. The Labute approximate surface area is 130 Å². The highest BCUT2D eigenvalue weighted by molar-refractivity contribution is 9.10. The molecule has 2 unspecified atom stereocenters. The molecule has 2 aromatic rings. The number of benzene rings is 1. The van der Waals surface area contributed by atoms with E-state index in [1.54, 1.807) is 23.1 Å². The summed E-state index contributed by atoms with van der Waals surface area (Å²) in [6.07, 6.45) is 1.94. The minimum Gasteiger partial charge on any atom is -0.483 e. The number of thioether (sulfide) groups is 1. The van der Waals surface area contributed by atoms with Gasteiger partial charge in [0.1, 0.15) is 11.9 Å². The predicted octanol–water partition coefficient (Wildman–Crippen LogP) is 4.70. The van der Waals surface area contributed by atoms with Crippen molar-refractivity contribution in [2.24, 2.45) is 5.73 Å². The van der Waals surface area contributed by atoms with Gasteiger partial charge in [0.05, 0.1) is 0 Å². The lowest BCUT2D eigenvalue weighted by Crippen LogP contribution is -2.28. The standard InChI is InChI=1S/C14H16BrNOS2/c1-9(16)14(13-7-10(15)8-19-13)17-11-3-5-12(18-2)6-4-11/h3-9,14H,16H2,1-2H3. The molecule has 0 aliphatic carbocycles. The van der Waals surface area contributed by atoms with Crippen molar-refractivity contribution < 1.29 is 4.74 Å². The van der Waals surface area contributed by atoms with Crippen molar-refractivity contribution in [2.45, 2.75) is 24.0 Å². The molecule has 1 heterocycles. The van der Waals surface area contributed by atoms with Crippen molar-refractivity contribution in [3.05, 3.63) is 45.1 Å². The predicted molar refractivity (Wildman–Crippen MR) is 87.3 cm³/mol. The van der Waals surface area contributed by atoms with Crippen molar-refractivity contribution in [3.63, 3.8) is 0 Å². The smallest absolute Gasteiger partial charge is 0.148 e. The Balaban J connectivity index is 2.16. The van der Waals surface area contributed by atoms with Crippen LogP contribution in [0.4, 0.5) is 0 Å². The minimum atomic E-state index is -0.114. The largest absolute Gasteiger partial charge is 0.483 e. The van der Waals surface area contributed by atoms with Crippen molar-refractivity contribution >= 4 is 39.0 Å². The maximum absolute atomic E-state index is 6.04. The third-order valence-corrected chi connectivity index (χ3v) is 5.17. The first-order valence-electron chi connectivity index (χ1n) is 5.90. The molecule has 2 atom stereocenters. The maximum Gasteiger partial charge on any atom is 0.148 e. The number of halogens is 1. The van der Waals surface area contributed by atoms with Gasteiger partial charge in [-0.1, -0.05) is 0 Å². The molecular formula is C14H16BrNOS2. The molecule has 0 aliphatic rings. The van der Waals surface area contributed by atoms with Crippen LogP contribution in [-0.2, 0) is 0 Å². The number of hydrogen-bond donors (Lipinski definition) is 1. The van der Waals surface area contributed by atoms with Gasteiger partial charge in [-0.2, -0.15) is 0 Å². The van der Waals surface area contributed by atoms with Gasteiger partial charge in [0.25, 0.3) is 0 Å². The molecule has 0 spiro atoms. The molecule has 2 N–H and O–H groups in total. The first-order chi connectivity index (χ1) is 9.10. The van der Waals surface area contributed by atoms with Crippen LogP contribution >= 0.6 is 39.0 Å². The summed E-state index contributed by atoms with van der Waals surface area (Å²) < 4.78 is 7.10. The summed E-state index contributed by atoms with van der Waals surface area (Å²) >= 11 is 6.84. The Morgan fingerprint density at radius 2 is 2.00 bits per heavy atom. The van der Waals surface area contributed by atoms with Gasteiger partial charge >= 0.3 is 0 Å². The Kier molecular flexibility index (Phi) is 5.33. The molecule has 0 bridgehead atoms. The molecule has 1 aromatic carbocycles. The fourth-order valence-electron chi connectivity index (χ4n) is 1.70. The van der Waals surface area contributed by atoms with Crippen LogP contribution in [0.1, 0.15) is 17.9 Å². The quantitative estimate of drug-likeness (QED) is 0.787. The van der Waals surface area contributed by atoms with Crippen LogP contribution in [-0.4, -0.2) is 12.3 Å². The highest BCUT2D eigenvalue weighted by Crippen LogP contribution is 2.31. The third kappa shape index (κ3) is 3.99. The molecule has 2 nitrogen and oxygen atoms in total. The summed E-state index contributed by atoms with van der Waals surface area (Å²) in [5.41, 5.74) is 6.04. The molecule has 102 valence electrons. The van der Waals surface area contributed by atoms with E-state index in [-0.39, 0.29) is 12.1 Å². The van der Waals surface area contributed by atoms with Gasteiger partial charge in [0.15, 0.2) is 0 Å². The van der Waals surface area contributed by atoms with Crippen LogP contribution in [0.3, 0.4) is 0 Å². The topological polar surface area (TPSA) is 35.2 Å². The molecular weight excluding hydrogens is 342 g/mol. The lowest BCUT2D eigenvalue weighted by Gasteiger charge is -2.21. The van der Waals surface area contributed by atoms with E-state index in [0.717, 1.165) is 15.1 Å². The van der Waals surface area contributed by atoms with Crippen LogP contribution in [0.25, 0.3) is 0 Å². The van der Waals surface area contributed by atoms with Gasteiger partial charge in [-0.3, -0.25) is 0 Å². The van der Waals surface area contributed by atoms with Gasteiger partial charge < -0.3 is 10.5 Å². The van der Waals surface area contributed by atoms with E-state index in [2.05, 4.69) is 40.4 Å². The second-order valence-electron chi connectivity index (χ2n) is 4.24. The maximum atomic E-state index is 6.04. The van der Waals surface area contributed by atoms with E-state index in [1.807, 2.05) is 24.4 Å².